The summed E-state index contributed by atoms with van der Waals surface area (Å²) < 4.78 is 25.1. The molecule has 0 radical (unpaired) electrons. The van der Waals surface area contributed by atoms with Crippen molar-refractivity contribution in [3.05, 3.63) is 21.8 Å². The molecule has 0 aromatic carbocycles. The molecule has 0 unspecified atom stereocenters. The third kappa shape index (κ3) is 4.05. The standard InChI is InChI=1S/C11H15BrClN3O2S/c1-19(17,18)16-4-2-9(3-5-16)15-11-10(12)6-8(13)7-14-11/h6-7,9H,2-5H2,1H3,(H,14,15). The lowest BCUT2D eigenvalue weighted by Crippen LogP contribution is -2.41. The lowest BCUT2D eigenvalue weighted by molar-refractivity contribution is 0.331. The van der Waals surface area contributed by atoms with Crippen molar-refractivity contribution in [3.63, 3.8) is 0 Å². The van der Waals surface area contributed by atoms with Gasteiger partial charge < -0.3 is 5.32 Å². The highest BCUT2D eigenvalue weighted by Crippen LogP contribution is 2.25. The van der Waals surface area contributed by atoms with Crippen molar-refractivity contribution in [2.24, 2.45) is 0 Å². The van der Waals surface area contributed by atoms with E-state index in [0.29, 0.717) is 18.1 Å². The van der Waals surface area contributed by atoms with Gasteiger partial charge in [-0.25, -0.2) is 17.7 Å². The molecule has 0 saturated carbocycles. The smallest absolute Gasteiger partial charge is 0.211 e. The van der Waals surface area contributed by atoms with Crippen molar-refractivity contribution in [3.8, 4) is 0 Å². The fraction of sp³-hybridized carbons (Fsp3) is 0.545. The van der Waals surface area contributed by atoms with Gasteiger partial charge in [-0.3, -0.25) is 0 Å². The maximum absolute atomic E-state index is 11.4. The van der Waals surface area contributed by atoms with Crippen molar-refractivity contribution in [2.45, 2.75) is 18.9 Å². The largest absolute Gasteiger partial charge is 0.366 e. The SMILES string of the molecule is CS(=O)(=O)N1CCC(Nc2ncc(Cl)cc2Br)CC1. The minimum atomic E-state index is -3.07. The second-order valence-corrected chi connectivity index (χ2v) is 7.84. The van der Waals surface area contributed by atoms with Crippen LogP contribution in [0.1, 0.15) is 12.8 Å². The van der Waals surface area contributed by atoms with Crippen LogP contribution in [0.5, 0.6) is 0 Å². The number of nitrogens with one attached hydrogen (secondary N) is 1. The van der Waals surface area contributed by atoms with E-state index in [2.05, 4.69) is 26.2 Å². The van der Waals surface area contributed by atoms with Crippen LogP contribution < -0.4 is 5.32 Å². The van der Waals surface area contributed by atoms with Crippen LogP contribution in [-0.2, 0) is 10.0 Å². The quantitative estimate of drug-likeness (QED) is 0.889. The van der Waals surface area contributed by atoms with Gasteiger partial charge in [0.25, 0.3) is 0 Å². The van der Waals surface area contributed by atoms with Crippen LogP contribution >= 0.6 is 27.5 Å². The van der Waals surface area contributed by atoms with Gasteiger partial charge in [0.2, 0.25) is 10.0 Å². The zero-order valence-electron chi connectivity index (χ0n) is 10.4. The number of halogens is 2. The summed E-state index contributed by atoms with van der Waals surface area (Å²) in [6.45, 7) is 1.09. The van der Waals surface area contributed by atoms with Crippen molar-refractivity contribution in [1.82, 2.24) is 9.29 Å². The second kappa shape index (κ2) is 5.95. The minimum Gasteiger partial charge on any atom is -0.366 e. The Kier molecular flexibility index (Phi) is 4.70. The Bertz CT molecular complexity index is 559. The molecule has 1 aromatic heterocycles. The monoisotopic (exact) mass is 367 g/mol. The number of pyridine rings is 1. The van der Waals surface area contributed by atoms with E-state index >= 15 is 0 Å². The number of rotatable bonds is 3. The number of hydrogen-bond donors (Lipinski definition) is 1. The lowest BCUT2D eigenvalue weighted by Gasteiger charge is -2.31. The Hall–Kier alpha value is -0.370. The maximum atomic E-state index is 11.4. The average molecular weight is 369 g/mol. The van der Waals surface area contributed by atoms with E-state index in [1.165, 1.54) is 10.6 Å². The van der Waals surface area contributed by atoms with E-state index < -0.39 is 10.0 Å². The van der Waals surface area contributed by atoms with E-state index in [1.54, 1.807) is 12.3 Å². The average Bonchev–Trinajstić information content (AvgIpc) is 2.32. The molecule has 106 valence electrons. The summed E-state index contributed by atoms with van der Waals surface area (Å²) in [7, 11) is -3.07. The summed E-state index contributed by atoms with van der Waals surface area (Å²) in [6, 6.07) is 2.01. The van der Waals surface area contributed by atoms with Gasteiger partial charge in [0.05, 0.1) is 15.8 Å². The Morgan fingerprint density at radius 2 is 2.11 bits per heavy atom. The van der Waals surface area contributed by atoms with Crippen LogP contribution in [0.4, 0.5) is 5.82 Å². The molecule has 0 bridgehead atoms. The Morgan fingerprint density at radius 3 is 2.63 bits per heavy atom. The molecule has 5 nitrogen and oxygen atoms in total. The molecule has 8 heteroatoms. The number of anilines is 1. The summed E-state index contributed by atoms with van der Waals surface area (Å²) in [5.74, 6) is 0.738. The van der Waals surface area contributed by atoms with E-state index in [1.807, 2.05) is 0 Å². The molecule has 0 spiro atoms. The van der Waals surface area contributed by atoms with E-state index in [9.17, 15) is 8.42 Å². The number of nitrogens with zero attached hydrogens (tertiary/aromatic N) is 2. The maximum Gasteiger partial charge on any atom is 0.211 e. The molecule has 0 atom stereocenters. The topological polar surface area (TPSA) is 62.3 Å². The van der Waals surface area contributed by atoms with E-state index in [4.69, 9.17) is 11.6 Å². The Balaban J connectivity index is 1.96. The highest BCUT2D eigenvalue weighted by Gasteiger charge is 2.25. The van der Waals surface area contributed by atoms with Crippen LogP contribution in [0, 0.1) is 0 Å². The van der Waals surface area contributed by atoms with Gasteiger partial charge in [-0.1, -0.05) is 11.6 Å². The Labute approximate surface area is 126 Å². The molecule has 1 aromatic rings. The van der Waals surface area contributed by atoms with Crippen LogP contribution in [0.3, 0.4) is 0 Å². The van der Waals surface area contributed by atoms with Crippen LogP contribution in [0.15, 0.2) is 16.7 Å². The molecule has 19 heavy (non-hydrogen) atoms. The molecule has 1 fully saturated rings. The zero-order valence-corrected chi connectivity index (χ0v) is 13.6. The zero-order chi connectivity index (χ0) is 14.0. The molecular weight excluding hydrogens is 354 g/mol. The van der Waals surface area contributed by atoms with Crippen molar-refractivity contribution >= 4 is 43.4 Å². The summed E-state index contributed by atoms with van der Waals surface area (Å²) in [5, 5.41) is 3.88. The lowest BCUT2D eigenvalue weighted by atomic mass is 10.1. The number of hydrogen-bond acceptors (Lipinski definition) is 4. The third-order valence-corrected chi connectivity index (χ3v) is 5.19. The molecule has 1 aliphatic heterocycles. The fourth-order valence-corrected chi connectivity index (χ4v) is 3.67. The highest BCUT2D eigenvalue weighted by atomic mass is 79.9. The molecule has 1 N–H and O–H groups in total. The van der Waals surface area contributed by atoms with E-state index in [0.717, 1.165) is 23.1 Å². The van der Waals surface area contributed by atoms with Gasteiger partial charge in [-0.2, -0.15) is 0 Å². The van der Waals surface area contributed by atoms with Crippen LogP contribution in [0.2, 0.25) is 5.02 Å². The molecule has 0 amide bonds. The van der Waals surface area contributed by atoms with Crippen molar-refractivity contribution in [1.29, 1.82) is 0 Å². The summed E-state index contributed by atoms with van der Waals surface area (Å²) >= 11 is 9.24. The first-order valence-electron chi connectivity index (χ1n) is 5.89. The predicted octanol–water partition coefficient (Wildman–Crippen LogP) is 2.33. The van der Waals surface area contributed by atoms with Gasteiger partial charge in [0.15, 0.2) is 0 Å². The van der Waals surface area contributed by atoms with Gasteiger partial charge in [0.1, 0.15) is 5.82 Å². The first-order valence-corrected chi connectivity index (χ1v) is 8.91. The number of sulfonamides is 1. The molecule has 2 heterocycles. The van der Waals surface area contributed by atoms with Crippen molar-refractivity contribution in [2.75, 3.05) is 24.7 Å². The second-order valence-electron chi connectivity index (χ2n) is 4.56. The number of aromatic nitrogens is 1. The summed E-state index contributed by atoms with van der Waals surface area (Å²) in [5.41, 5.74) is 0. The number of piperidine rings is 1. The fourth-order valence-electron chi connectivity index (χ4n) is 2.05. The normalized spacial score (nSPS) is 18.5. The molecular formula is C11H15BrClN3O2S. The van der Waals surface area contributed by atoms with Crippen LogP contribution in [0.25, 0.3) is 0 Å². The van der Waals surface area contributed by atoms with Crippen LogP contribution in [-0.4, -0.2) is 43.1 Å². The first-order chi connectivity index (χ1) is 8.86. The van der Waals surface area contributed by atoms with Crippen molar-refractivity contribution < 1.29 is 8.42 Å². The summed E-state index contributed by atoms with van der Waals surface area (Å²) in [4.78, 5) is 4.22. The molecule has 0 aliphatic carbocycles. The summed E-state index contributed by atoms with van der Waals surface area (Å²) in [6.07, 6.45) is 4.37. The van der Waals surface area contributed by atoms with Gasteiger partial charge >= 0.3 is 0 Å². The van der Waals surface area contributed by atoms with E-state index in [-0.39, 0.29) is 6.04 Å². The first kappa shape index (κ1) is 15.0. The predicted molar refractivity (Wildman–Crippen MR) is 80.0 cm³/mol. The highest BCUT2D eigenvalue weighted by molar-refractivity contribution is 9.10. The molecule has 2 rings (SSSR count). The third-order valence-electron chi connectivity index (χ3n) is 3.07. The molecule has 1 saturated heterocycles. The van der Waals surface area contributed by atoms with Gasteiger partial charge in [0, 0.05) is 25.3 Å². The minimum absolute atomic E-state index is 0.225. The Morgan fingerprint density at radius 1 is 1.47 bits per heavy atom. The molecule has 1 aliphatic rings. The van der Waals surface area contributed by atoms with Gasteiger partial charge in [-0.15, -0.1) is 0 Å². The van der Waals surface area contributed by atoms with Gasteiger partial charge in [-0.05, 0) is 34.8 Å².